The second-order valence-corrected chi connectivity index (χ2v) is 9.79. The van der Waals surface area contributed by atoms with Crippen LogP contribution < -0.4 is 16.2 Å². The Bertz CT molecular complexity index is 864. The summed E-state index contributed by atoms with van der Waals surface area (Å²) in [5.74, 6) is -1.26. The lowest BCUT2D eigenvalue weighted by Gasteiger charge is -2.18. The lowest BCUT2D eigenvalue weighted by atomic mass is 10.1. The molecule has 0 spiro atoms. The number of anilines is 1. The van der Waals surface area contributed by atoms with Crippen molar-refractivity contribution in [2.75, 3.05) is 37.0 Å². The summed E-state index contributed by atoms with van der Waals surface area (Å²) in [6, 6.07) is 5.73. The van der Waals surface area contributed by atoms with E-state index in [1.54, 1.807) is 7.05 Å². The van der Waals surface area contributed by atoms with Crippen molar-refractivity contribution in [1.82, 2.24) is 15.8 Å². The highest BCUT2D eigenvalue weighted by Crippen LogP contribution is 2.21. The Balaban J connectivity index is 1.70. The summed E-state index contributed by atoms with van der Waals surface area (Å²) >= 11 is 0. The Morgan fingerprint density at radius 1 is 1.03 bits per heavy atom. The number of benzene rings is 1. The summed E-state index contributed by atoms with van der Waals surface area (Å²) in [5, 5.41) is 2.85. The molecule has 1 aliphatic rings. The fourth-order valence-electron chi connectivity index (χ4n) is 3.26. The van der Waals surface area contributed by atoms with E-state index in [1.807, 2.05) is 32.0 Å². The van der Waals surface area contributed by atoms with Crippen LogP contribution in [0.15, 0.2) is 18.2 Å². The normalized spacial score (nSPS) is 17.7. The van der Waals surface area contributed by atoms with E-state index in [9.17, 15) is 22.8 Å². The minimum absolute atomic E-state index is 0.00653. The van der Waals surface area contributed by atoms with Crippen LogP contribution in [0.3, 0.4) is 0 Å². The minimum atomic E-state index is -3.04. The zero-order valence-corrected chi connectivity index (χ0v) is 17.8. The molecule has 0 radical (unpaired) electrons. The number of para-hydroxylation sites is 1. The molecule has 0 bridgehead atoms. The molecule has 0 unspecified atom stereocenters. The summed E-state index contributed by atoms with van der Waals surface area (Å²) in [7, 11) is -1.42. The van der Waals surface area contributed by atoms with Crippen LogP contribution >= 0.6 is 0 Å². The monoisotopic (exact) mass is 424 g/mol. The third-order valence-corrected chi connectivity index (χ3v) is 6.55. The SMILES string of the molecule is Cc1cccc(C)c1NC(=O)CN(C)CC(=O)NNC(=O)C[C@@H]1CCS(=O)(=O)C1. The fraction of sp³-hybridized carbons (Fsp3) is 0.526. The number of likely N-dealkylation sites (N-methyl/N-ethyl adjacent to an activating group) is 1. The maximum absolute atomic E-state index is 12.2. The summed E-state index contributed by atoms with van der Waals surface area (Å²) in [6.07, 6.45) is 0.509. The van der Waals surface area contributed by atoms with Gasteiger partial charge in [0.2, 0.25) is 11.8 Å². The Morgan fingerprint density at radius 2 is 1.62 bits per heavy atom. The first-order valence-corrected chi connectivity index (χ1v) is 11.2. The van der Waals surface area contributed by atoms with Crippen LogP contribution in [-0.4, -0.2) is 62.7 Å². The Kier molecular flexibility index (Phi) is 7.74. The van der Waals surface area contributed by atoms with E-state index in [2.05, 4.69) is 16.2 Å². The van der Waals surface area contributed by atoms with Crippen LogP contribution in [0.25, 0.3) is 0 Å². The Labute approximate surface area is 171 Å². The number of aryl methyl sites for hydroxylation is 2. The van der Waals surface area contributed by atoms with E-state index in [0.29, 0.717) is 6.42 Å². The molecule has 1 aromatic rings. The van der Waals surface area contributed by atoms with E-state index in [0.717, 1.165) is 16.8 Å². The molecule has 9 nitrogen and oxygen atoms in total. The highest BCUT2D eigenvalue weighted by molar-refractivity contribution is 7.91. The predicted octanol–water partition coefficient (Wildman–Crippen LogP) is 0.146. The molecule has 0 saturated carbocycles. The van der Waals surface area contributed by atoms with Crippen molar-refractivity contribution in [2.24, 2.45) is 5.92 Å². The third-order valence-electron chi connectivity index (χ3n) is 4.71. The number of rotatable bonds is 7. The van der Waals surface area contributed by atoms with Gasteiger partial charge in [-0.2, -0.15) is 0 Å². The van der Waals surface area contributed by atoms with Crippen molar-refractivity contribution in [1.29, 1.82) is 0 Å². The molecule has 1 atom stereocenters. The molecule has 1 aliphatic heterocycles. The molecule has 1 saturated heterocycles. The van der Waals surface area contributed by atoms with E-state index in [-0.39, 0.29) is 42.8 Å². The zero-order chi connectivity index (χ0) is 21.6. The number of hydrogen-bond donors (Lipinski definition) is 3. The molecule has 1 fully saturated rings. The van der Waals surface area contributed by atoms with Gasteiger partial charge in [0, 0.05) is 12.1 Å². The van der Waals surface area contributed by atoms with Gasteiger partial charge in [-0.25, -0.2) is 8.42 Å². The standard InChI is InChI=1S/C19H28N4O5S/c1-13-5-4-6-14(2)19(13)20-17(25)10-23(3)11-18(26)22-21-16(24)9-15-7-8-29(27,28)12-15/h4-6,15H,7-12H2,1-3H3,(H,20,25)(H,21,24)(H,22,26)/t15-/m0/s1. The van der Waals surface area contributed by atoms with Crippen LogP contribution in [0.1, 0.15) is 24.0 Å². The number of nitrogens with zero attached hydrogens (tertiary/aromatic N) is 1. The molecule has 1 heterocycles. The number of carbonyl (C=O) groups excluding carboxylic acids is 3. The molecular formula is C19H28N4O5S. The highest BCUT2D eigenvalue weighted by atomic mass is 32.2. The molecular weight excluding hydrogens is 396 g/mol. The van der Waals surface area contributed by atoms with Crippen LogP contribution in [0.4, 0.5) is 5.69 Å². The fourth-order valence-corrected chi connectivity index (χ4v) is 5.12. The lowest BCUT2D eigenvalue weighted by Crippen LogP contribution is -2.47. The van der Waals surface area contributed by atoms with E-state index < -0.39 is 21.7 Å². The number of hydrogen-bond acceptors (Lipinski definition) is 6. The summed E-state index contributed by atoms with van der Waals surface area (Å²) in [4.78, 5) is 37.5. The van der Waals surface area contributed by atoms with Crippen molar-refractivity contribution in [3.05, 3.63) is 29.3 Å². The number of amides is 3. The molecule has 3 N–H and O–H groups in total. The van der Waals surface area contributed by atoms with Crippen LogP contribution in [0.2, 0.25) is 0 Å². The molecule has 3 amide bonds. The van der Waals surface area contributed by atoms with Crippen LogP contribution in [-0.2, 0) is 24.2 Å². The second-order valence-electron chi connectivity index (χ2n) is 7.56. The number of carbonyl (C=O) groups is 3. The molecule has 160 valence electrons. The van der Waals surface area contributed by atoms with Gasteiger partial charge in [-0.05, 0) is 44.4 Å². The van der Waals surface area contributed by atoms with Gasteiger partial charge in [-0.15, -0.1) is 0 Å². The van der Waals surface area contributed by atoms with Gasteiger partial charge < -0.3 is 5.32 Å². The van der Waals surface area contributed by atoms with E-state index >= 15 is 0 Å². The van der Waals surface area contributed by atoms with Gasteiger partial charge >= 0.3 is 0 Å². The average molecular weight is 425 g/mol. The molecule has 0 aromatic heterocycles. The Hall–Kier alpha value is -2.46. The number of nitrogens with one attached hydrogen (secondary N) is 3. The van der Waals surface area contributed by atoms with Gasteiger partial charge in [-0.1, -0.05) is 18.2 Å². The number of hydrazine groups is 1. The summed E-state index contributed by atoms with van der Waals surface area (Å²) in [5.41, 5.74) is 7.25. The van der Waals surface area contributed by atoms with Gasteiger partial charge in [0.15, 0.2) is 9.84 Å². The van der Waals surface area contributed by atoms with Gasteiger partial charge in [-0.3, -0.25) is 30.1 Å². The lowest BCUT2D eigenvalue weighted by molar-refractivity contribution is -0.130. The summed E-state index contributed by atoms with van der Waals surface area (Å²) in [6.45, 7) is 3.74. The molecule has 10 heteroatoms. The molecule has 2 rings (SSSR count). The largest absolute Gasteiger partial charge is 0.324 e. The minimum Gasteiger partial charge on any atom is -0.324 e. The molecule has 1 aromatic carbocycles. The first kappa shape index (κ1) is 22.8. The van der Waals surface area contributed by atoms with Gasteiger partial charge in [0.1, 0.15) is 0 Å². The topological polar surface area (TPSA) is 125 Å². The molecule has 29 heavy (non-hydrogen) atoms. The first-order chi connectivity index (χ1) is 13.6. The van der Waals surface area contributed by atoms with Crippen molar-refractivity contribution < 1.29 is 22.8 Å². The zero-order valence-electron chi connectivity index (χ0n) is 16.9. The first-order valence-electron chi connectivity index (χ1n) is 9.38. The highest BCUT2D eigenvalue weighted by Gasteiger charge is 2.29. The van der Waals surface area contributed by atoms with Gasteiger partial charge in [0.25, 0.3) is 5.91 Å². The van der Waals surface area contributed by atoms with Crippen molar-refractivity contribution in [3.63, 3.8) is 0 Å². The average Bonchev–Trinajstić information content (AvgIpc) is 2.94. The molecule has 0 aliphatic carbocycles. The van der Waals surface area contributed by atoms with Crippen LogP contribution in [0, 0.1) is 19.8 Å². The maximum atomic E-state index is 12.2. The second kappa shape index (κ2) is 9.84. The Morgan fingerprint density at radius 3 is 2.21 bits per heavy atom. The third kappa shape index (κ3) is 7.47. The maximum Gasteiger partial charge on any atom is 0.252 e. The van der Waals surface area contributed by atoms with E-state index in [1.165, 1.54) is 4.90 Å². The van der Waals surface area contributed by atoms with Gasteiger partial charge in [0.05, 0.1) is 24.6 Å². The summed E-state index contributed by atoms with van der Waals surface area (Å²) < 4.78 is 22.8. The number of sulfone groups is 1. The predicted molar refractivity (Wildman–Crippen MR) is 110 cm³/mol. The van der Waals surface area contributed by atoms with Crippen molar-refractivity contribution in [2.45, 2.75) is 26.7 Å². The quantitative estimate of drug-likeness (QED) is 0.535. The van der Waals surface area contributed by atoms with Crippen molar-refractivity contribution >= 4 is 33.2 Å². The van der Waals surface area contributed by atoms with Crippen molar-refractivity contribution in [3.8, 4) is 0 Å². The van der Waals surface area contributed by atoms with E-state index in [4.69, 9.17) is 0 Å². The van der Waals surface area contributed by atoms with Crippen LogP contribution in [0.5, 0.6) is 0 Å². The smallest absolute Gasteiger partial charge is 0.252 e.